The number of sulfonamides is 1. The highest BCUT2D eigenvalue weighted by atomic mass is 32.2. The number of hydrogen-bond acceptors (Lipinski definition) is 6. The van der Waals surface area contributed by atoms with Gasteiger partial charge >= 0.3 is 0 Å². The summed E-state index contributed by atoms with van der Waals surface area (Å²) in [5.74, 6) is 0.00636. The van der Waals surface area contributed by atoms with Crippen LogP contribution in [0, 0.1) is 10.1 Å². The van der Waals surface area contributed by atoms with Crippen LogP contribution in [0.4, 0.5) is 11.4 Å². The molecule has 0 radical (unpaired) electrons. The van der Waals surface area contributed by atoms with E-state index in [1.807, 2.05) is 23.1 Å². The molecule has 1 fully saturated rings. The summed E-state index contributed by atoms with van der Waals surface area (Å²) < 4.78 is 22.9. The lowest BCUT2D eigenvalue weighted by atomic mass is 10.0. The highest BCUT2D eigenvalue weighted by molar-refractivity contribution is 7.89. The van der Waals surface area contributed by atoms with Gasteiger partial charge in [0.25, 0.3) is 5.69 Å². The Morgan fingerprint density at radius 3 is 2.65 bits per heavy atom. The highest BCUT2D eigenvalue weighted by Gasteiger charge is 2.28. The fraction of sp³-hybridized carbons (Fsp3) is 0.381. The number of benzene rings is 2. The van der Waals surface area contributed by atoms with Crippen LogP contribution < -0.4 is 10.5 Å². The molecule has 0 saturated carbocycles. The number of primary sulfonamides is 1. The van der Waals surface area contributed by atoms with Crippen molar-refractivity contribution in [2.45, 2.75) is 43.0 Å². The summed E-state index contributed by atoms with van der Waals surface area (Å²) in [5.41, 5.74) is 0.992. The van der Waals surface area contributed by atoms with Gasteiger partial charge in [-0.15, -0.1) is 0 Å². The van der Waals surface area contributed by atoms with Crippen molar-refractivity contribution >= 4 is 27.3 Å². The number of nitro groups is 1. The molecule has 31 heavy (non-hydrogen) atoms. The predicted octanol–water partition coefficient (Wildman–Crippen LogP) is 2.67. The lowest BCUT2D eigenvalue weighted by molar-refractivity contribution is -0.384. The number of nitro benzene ring substituents is 1. The zero-order valence-corrected chi connectivity index (χ0v) is 17.9. The number of aryl methyl sites for hydroxylation is 1. The van der Waals surface area contributed by atoms with Crippen LogP contribution in [0.3, 0.4) is 0 Å². The van der Waals surface area contributed by atoms with Gasteiger partial charge in [0.05, 0.1) is 9.82 Å². The maximum atomic E-state index is 12.7. The smallest absolute Gasteiger partial charge is 0.293 e. The number of hydrogen-bond donors (Lipinski definition) is 2. The molecule has 3 N–H and O–H groups in total. The van der Waals surface area contributed by atoms with Crippen LogP contribution in [-0.4, -0.2) is 43.3 Å². The number of carbonyl (C=O) groups excluding carboxylic acids is 1. The standard InChI is InChI=1S/C21H26N4O5S/c22-31(29,30)18-10-11-19(20(15-18)25(27)28)23-13-12-21(26)24-14-4-7-17(24)9-8-16-5-2-1-3-6-16/h1-3,5-6,10-11,15,17,23H,4,7-9,12-14H2,(H2,22,29,30). The average molecular weight is 447 g/mol. The van der Waals surface area contributed by atoms with Gasteiger partial charge in [-0.1, -0.05) is 30.3 Å². The zero-order valence-electron chi connectivity index (χ0n) is 17.1. The second-order valence-corrected chi connectivity index (χ2v) is 9.13. The van der Waals surface area contributed by atoms with Crippen LogP contribution in [0.2, 0.25) is 0 Å². The second kappa shape index (κ2) is 9.88. The van der Waals surface area contributed by atoms with E-state index in [9.17, 15) is 23.3 Å². The number of nitrogens with one attached hydrogen (secondary N) is 1. The Bertz CT molecular complexity index is 1040. The molecule has 1 saturated heterocycles. The van der Waals surface area contributed by atoms with Crippen molar-refractivity contribution in [1.82, 2.24) is 4.90 Å². The molecule has 1 atom stereocenters. The first-order valence-electron chi connectivity index (χ1n) is 10.1. The Morgan fingerprint density at radius 1 is 1.23 bits per heavy atom. The summed E-state index contributed by atoms with van der Waals surface area (Å²) in [6.07, 6.45) is 3.96. The van der Waals surface area contributed by atoms with Gasteiger partial charge in [-0.2, -0.15) is 0 Å². The molecule has 10 heteroatoms. The van der Waals surface area contributed by atoms with Crippen LogP contribution in [0.1, 0.15) is 31.2 Å². The summed E-state index contributed by atoms with van der Waals surface area (Å²) in [7, 11) is -4.05. The molecule has 3 rings (SSSR count). The first-order valence-corrected chi connectivity index (χ1v) is 11.7. The zero-order chi connectivity index (χ0) is 22.4. The topological polar surface area (TPSA) is 136 Å². The van der Waals surface area contributed by atoms with Crippen molar-refractivity contribution in [3.8, 4) is 0 Å². The minimum atomic E-state index is -4.05. The largest absolute Gasteiger partial charge is 0.379 e. The van der Waals surface area contributed by atoms with Crippen molar-refractivity contribution in [1.29, 1.82) is 0 Å². The van der Waals surface area contributed by atoms with E-state index >= 15 is 0 Å². The highest BCUT2D eigenvalue weighted by Crippen LogP contribution is 2.27. The maximum absolute atomic E-state index is 12.7. The molecule has 0 bridgehead atoms. The minimum Gasteiger partial charge on any atom is -0.379 e. The molecule has 0 spiro atoms. The Morgan fingerprint density at radius 2 is 1.97 bits per heavy atom. The third kappa shape index (κ3) is 6.02. The van der Waals surface area contributed by atoms with E-state index in [0.717, 1.165) is 38.3 Å². The Kier molecular flexibility index (Phi) is 7.24. The fourth-order valence-electron chi connectivity index (χ4n) is 3.88. The van der Waals surface area contributed by atoms with E-state index in [0.29, 0.717) is 0 Å². The van der Waals surface area contributed by atoms with Crippen molar-refractivity contribution in [2.75, 3.05) is 18.4 Å². The van der Waals surface area contributed by atoms with Gasteiger partial charge < -0.3 is 10.2 Å². The summed E-state index contributed by atoms with van der Waals surface area (Å²) in [5, 5.41) is 19.2. The van der Waals surface area contributed by atoms with Crippen LogP contribution in [-0.2, 0) is 21.2 Å². The van der Waals surface area contributed by atoms with Crippen LogP contribution in [0.25, 0.3) is 0 Å². The molecule has 0 aromatic heterocycles. The van der Waals surface area contributed by atoms with E-state index in [1.165, 1.54) is 17.7 Å². The number of amides is 1. The van der Waals surface area contributed by atoms with Crippen molar-refractivity contribution in [3.05, 3.63) is 64.2 Å². The van der Waals surface area contributed by atoms with E-state index in [-0.39, 0.29) is 35.5 Å². The number of rotatable bonds is 9. The number of carbonyl (C=O) groups is 1. The third-order valence-electron chi connectivity index (χ3n) is 5.46. The molecule has 1 unspecified atom stereocenters. The summed E-state index contributed by atoms with van der Waals surface area (Å²) in [6.45, 7) is 0.928. The van der Waals surface area contributed by atoms with Crippen LogP contribution >= 0.6 is 0 Å². The molecule has 1 heterocycles. The molecule has 166 valence electrons. The number of nitrogens with two attached hydrogens (primary N) is 1. The number of nitrogens with zero attached hydrogens (tertiary/aromatic N) is 2. The average Bonchev–Trinajstić information content (AvgIpc) is 3.21. The molecular weight excluding hydrogens is 420 g/mol. The maximum Gasteiger partial charge on any atom is 0.293 e. The first kappa shape index (κ1) is 22.7. The molecule has 2 aromatic rings. The SMILES string of the molecule is NS(=O)(=O)c1ccc(NCCC(=O)N2CCCC2CCc2ccccc2)c([N+](=O)[O-])c1. The Hall–Kier alpha value is -2.98. The Balaban J connectivity index is 1.56. The van der Waals surface area contributed by atoms with Gasteiger partial charge in [-0.05, 0) is 43.4 Å². The number of likely N-dealkylation sites (tertiary alicyclic amines) is 1. The summed E-state index contributed by atoms with van der Waals surface area (Å²) in [6, 6.07) is 13.8. The molecule has 1 aliphatic heterocycles. The fourth-order valence-corrected chi connectivity index (χ4v) is 4.41. The van der Waals surface area contributed by atoms with Gasteiger partial charge in [0.15, 0.2) is 0 Å². The molecule has 1 amide bonds. The lowest BCUT2D eigenvalue weighted by Crippen LogP contribution is -2.36. The molecule has 9 nitrogen and oxygen atoms in total. The second-order valence-electron chi connectivity index (χ2n) is 7.57. The van der Waals surface area contributed by atoms with E-state index in [2.05, 4.69) is 17.4 Å². The summed E-state index contributed by atoms with van der Waals surface area (Å²) >= 11 is 0. The lowest BCUT2D eigenvalue weighted by Gasteiger charge is -2.25. The van der Waals surface area contributed by atoms with Gasteiger partial charge in [0, 0.05) is 31.6 Å². The van der Waals surface area contributed by atoms with Gasteiger partial charge in [-0.3, -0.25) is 14.9 Å². The molecule has 0 aliphatic carbocycles. The van der Waals surface area contributed by atoms with Gasteiger partial charge in [0.2, 0.25) is 15.9 Å². The quantitative estimate of drug-likeness (QED) is 0.449. The van der Waals surface area contributed by atoms with Crippen molar-refractivity contribution in [2.24, 2.45) is 5.14 Å². The van der Waals surface area contributed by atoms with E-state index < -0.39 is 20.6 Å². The van der Waals surface area contributed by atoms with Crippen LogP contribution in [0.15, 0.2) is 53.4 Å². The molecule has 1 aliphatic rings. The van der Waals surface area contributed by atoms with E-state index in [4.69, 9.17) is 5.14 Å². The predicted molar refractivity (Wildman–Crippen MR) is 117 cm³/mol. The minimum absolute atomic E-state index is 0.00636. The normalized spacial score (nSPS) is 16.3. The Labute approximate surface area is 181 Å². The summed E-state index contributed by atoms with van der Waals surface area (Å²) in [4.78, 5) is 24.9. The van der Waals surface area contributed by atoms with Gasteiger partial charge in [0.1, 0.15) is 5.69 Å². The van der Waals surface area contributed by atoms with Crippen molar-refractivity contribution < 1.29 is 18.1 Å². The van der Waals surface area contributed by atoms with E-state index in [1.54, 1.807) is 0 Å². The molecule has 2 aromatic carbocycles. The van der Waals surface area contributed by atoms with Gasteiger partial charge in [-0.25, -0.2) is 13.6 Å². The third-order valence-corrected chi connectivity index (χ3v) is 6.37. The first-order chi connectivity index (χ1) is 14.8. The monoisotopic (exact) mass is 446 g/mol. The van der Waals surface area contributed by atoms with Crippen LogP contribution in [0.5, 0.6) is 0 Å². The van der Waals surface area contributed by atoms with Crippen molar-refractivity contribution in [3.63, 3.8) is 0 Å². The number of anilines is 1. The molecular formula is C21H26N4O5S.